The summed E-state index contributed by atoms with van der Waals surface area (Å²) in [6.45, 7) is 6.26. The fourth-order valence-electron chi connectivity index (χ4n) is 6.22. The number of aliphatic hydroxyl groups is 1. The maximum atomic E-state index is 12.3. The molecule has 2 fully saturated rings. The van der Waals surface area contributed by atoms with E-state index in [0.717, 1.165) is 56.2 Å². The standard InChI is InChI=1S/C28H45N5O2/c1-3-5-16-28(17-21-10-7-6-8-11-21)25(34)33(26(29)31-28)19-23-14-12-22(13-15-23)18-32-20-24(9-4-2)30-27(32)35/h12-15,21,24-25,34H,3-11,16-20H2,1-2H3,(H2,29,31)(H,30,35)/t24-,25?,28?/m0/s1. The van der Waals surface area contributed by atoms with Gasteiger partial charge in [0.2, 0.25) is 0 Å². The zero-order valence-electron chi connectivity index (χ0n) is 21.7. The second kappa shape index (κ2) is 11.6. The van der Waals surface area contributed by atoms with Gasteiger partial charge in [0.15, 0.2) is 12.2 Å². The molecule has 3 atom stereocenters. The van der Waals surface area contributed by atoms with Gasteiger partial charge in [0.1, 0.15) is 5.54 Å². The molecule has 2 aliphatic heterocycles. The molecule has 0 aromatic heterocycles. The maximum Gasteiger partial charge on any atom is 0.318 e. The molecule has 0 radical (unpaired) electrons. The number of rotatable bonds is 11. The molecule has 4 rings (SSSR count). The minimum absolute atomic E-state index is 0.0260. The highest BCUT2D eigenvalue weighted by molar-refractivity contribution is 5.81. The summed E-state index contributed by atoms with van der Waals surface area (Å²) >= 11 is 0. The Morgan fingerprint density at radius 1 is 1.09 bits per heavy atom. The van der Waals surface area contributed by atoms with Crippen LogP contribution in [0.4, 0.5) is 4.79 Å². The largest absolute Gasteiger partial charge is 0.371 e. The van der Waals surface area contributed by atoms with E-state index in [0.29, 0.717) is 25.0 Å². The quantitative estimate of drug-likeness (QED) is 0.424. The fraction of sp³-hybridized carbons (Fsp3) is 0.714. The highest BCUT2D eigenvalue weighted by atomic mass is 16.3. The van der Waals surface area contributed by atoms with Crippen molar-refractivity contribution in [3.63, 3.8) is 0 Å². The molecule has 2 heterocycles. The Hall–Kier alpha value is -2.28. The molecular weight excluding hydrogens is 438 g/mol. The summed E-state index contributed by atoms with van der Waals surface area (Å²) in [5, 5.41) is 14.6. The highest BCUT2D eigenvalue weighted by Crippen LogP contribution is 2.41. The number of carbonyl (C=O) groups excluding carboxylic acids is 1. The first-order valence-corrected chi connectivity index (χ1v) is 13.9. The first-order valence-electron chi connectivity index (χ1n) is 13.9. The van der Waals surface area contributed by atoms with E-state index in [2.05, 4.69) is 43.4 Å². The molecule has 0 bridgehead atoms. The molecule has 1 aromatic carbocycles. The topological polar surface area (TPSA) is 94.2 Å². The number of unbranched alkanes of at least 4 members (excludes halogenated alkanes) is 1. The van der Waals surface area contributed by atoms with Gasteiger partial charge in [-0.1, -0.05) is 89.5 Å². The van der Waals surface area contributed by atoms with E-state index in [1.807, 2.05) is 9.80 Å². The molecule has 0 spiro atoms. The smallest absolute Gasteiger partial charge is 0.318 e. The van der Waals surface area contributed by atoms with Crippen LogP contribution in [0, 0.1) is 5.92 Å². The number of nitrogens with zero attached hydrogens (tertiary/aromatic N) is 3. The van der Waals surface area contributed by atoms with E-state index in [9.17, 15) is 9.90 Å². The third-order valence-corrected chi connectivity index (χ3v) is 8.18. The van der Waals surface area contributed by atoms with E-state index in [1.165, 1.54) is 32.1 Å². The summed E-state index contributed by atoms with van der Waals surface area (Å²) in [4.78, 5) is 21.0. The third-order valence-electron chi connectivity index (χ3n) is 8.18. The van der Waals surface area contributed by atoms with Gasteiger partial charge in [0.25, 0.3) is 0 Å². The lowest BCUT2D eigenvalue weighted by molar-refractivity contribution is -0.0150. The molecule has 194 valence electrons. The normalized spacial score (nSPS) is 27.4. The van der Waals surface area contributed by atoms with Gasteiger partial charge in [-0.25, -0.2) is 9.79 Å². The predicted molar refractivity (Wildman–Crippen MR) is 141 cm³/mol. The molecule has 3 aliphatic rings. The number of guanidine groups is 1. The first-order chi connectivity index (χ1) is 16.9. The Balaban J connectivity index is 1.39. The van der Waals surface area contributed by atoms with Crippen molar-refractivity contribution in [2.75, 3.05) is 6.54 Å². The summed E-state index contributed by atoms with van der Waals surface area (Å²) in [6.07, 6.45) is 11.8. The van der Waals surface area contributed by atoms with Gasteiger partial charge in [-0.05, 0) is 36.3 Å². The third kappa shape index (κ3) is 6.11. The molecule has 7 heteroatoms. The van der Waals surface area contributed by atoms with Crippen LogP contribution >= 0.6 is 0 Å². The Bertz CT molecular complexity index is 867. The molecule has 2 amide bonds. The van der Waals surface area contributed by atoms with Crippen LogP contribution in [0.1, 0.15) is 95.6 Å². The van der Waals surface area contributed by atoms with Crippen LogP contribution in [0.2, 0.25) is 0 Å². The van der Waals surface area contributed by atoms with Crippen LogP contribution in [-0.2, 0) is 13.1 Å². The number of hydrogen-bond acceptors (Lipinski definition) is 5. The van der Waals surface area contributed by atoms with Crippen LogP contribution in [0.5, 0.6) is 0 Å². The van der Waals surface area contributed by atoms with Crippen LogP contribution in [0.25, 0.3) is 0 Å². The number of hydrogen-bond donors (Lipinski definition) is 3. The molecule has 7 nitrogen and oxygen atoms in total. The number of nitrogens with two attached hydrogens (primary N) is 1. The monoisotopic (exact) mass is 483 g/mol. The average molecular weight is 484 g/mol. The van der Waals surface area contributed by atoms with Gasteiger partial charge in [-0.2, -0.15) is 0 Å². The number of nitrogens with one attached hydrogen (secondary N) is 1. The number of aliphatic imine (C=N–C) groups is 1. The van der Waals surface area contributed by atoms with Gasteiger partial charge in [-0.15, -0.1) is 0 Å². The van der Waals surface area contributed by atoms with Crippen LogP contribution in [-0.4, -0.2) is 51.3 Å². The van der Waals surface area contributed by atoms with Crippen molar-refractivity contribution in [3.8, 4) is 0 Å². The Kier molecular flexibility index (Phi) is 8.58. The number of carbonyl (C=O) groups is 1. The van der Waals surface area contributed by atoms with Gasteiger partial charge < -0.3 is 26.0 Å². The Morgan fingerprint density at radius 3 is 2.43 bits per heavy atom. The Labute approximate surface area is 211 Å². The number of aliphatic hydroxyl groups excluding tert-OH is 1. The number of benzene rings is 1. The predicted octanol–water partition coefficient (Wildman–Crippen LogP) is 4.73. The lowest BCUT2D eigenvalue weighted by Gasteiger charge is -2.37. The molecule has 1 aliphatic carbocycles. The van der Waals surface area contributed by atoms with Gasteiger partial charge in [-0.3, -0.25) is 0 Å². The maximum absolute atomic E-state index is 12.3. The first kappa shape index (κ1) is 25.8. The van der Waals surface area contributed by atoms with Gasteiger partial charge in [0, 0.05) is 25.7 Å². The molecular formula is C28H45N5O2. The van der Waals surface area contributed by atoms with Crippen LogP contribution < -0.4 is 11.1 Å². The summed E-state index contributed by atoms with van der Waals surface area (Å²) in [5.74, 6) is 1.09. The van der Waals surface area contributed by atoms with E-state index in [-0.39, 0.29) is 12.1 Å². The van der Waals surface area contributed by atoms with Crippen molar-refractivity contribution in [2.45, 2.75) is 115 Å². The second-order valence-corrected chi connectivity index (χ2v) is 11.0. The summed E-state index contributed by atoms with van der Waals surface area (Å²) in [6, 6.07) is 8.61. The zero-order chi connectivity index (χ0) is 24.8. The van der Waals surface area contributed by atoms with Crippen molar-refractivity contribution >= 4 is 12.0 Å². The fourth-order valence-corrected chi connectivity index (χ4v) is 6.22. The highest BCUT2D eigenvalue weighted by Gasteiger charge is 2.48. The minimum atomic E-state index is -0.681. The number of amides is 2. The molecule has 2 unspecified atom stereocenters. The van der Waals surface area contributed by atoms with E-state index < -0.39 is 11.8 Å². The summed E-state index contributed by atoms with van der Waals surface area (Å²) < 4.78 is 0. The van der Waals surface area contributed by atoms with Crippen molar-refractivity contribution in [3.05, 3.63) is 35.4 Å². The molecule has 1 aromatic rings. The summed E-state index contributed by atoms with van der Waals surface area (Å²) in [5.41, 5.74) is 8.14. The van der Waals surface area contributed by atoms with Crippen LogP contribution in [0.15, 0.2) is 29.3 Å². The van der Waals surface area contributed by atoms with Crippen molar-refractivity contribution in [1.82, 2.24) is 15.1 Å². The Morgan fingerprint density at radius 2 is 1.77 bits per heavy atom. The lowest BCUT2D eigenvalue weighted by Crippen LogP contribution is -2.49. The average Bonchev–Trinajstić information content (AvgIpc) is 3.31. The van der Waals surface area contributed by atoms with Crippen LogP contribution in [0.3, 0.4) is 0 Å². The van der Waals surface area contributed by atoms with Gasteiger partial charge in [0.05, 0.1) is 0 Å². The second-order valence-electron chi connectivity index (χ2n) is 11.0. The molecule has 35 heavy (non-hydrogen) atoms. The van der Waals surface area contributed by atoms with Crippen molar-refractivity contribution in [2.24, 2.45) is 16.6 Å². The van der Waals surface area contributed by atoms with Gasteiger partial charge >= 0.3 is 6.03 Å². The molecule has 4 N–H and O–H groups in total. The molecule has 1 saturated carbocycles. The SMILES string of the molecule is CCCCC1(CC2CCCCC2)N=C(N)N(Cc2ccc(CN3C[C@H](CCC)NC3=O)cc2)C1O. The minimum Gasteiger partial charge on any atom is -0.371 e. The zero-order valence-corrected chi connectivity index (χ0v) is 21.7. The van der Waals surface area contributed by atoms with Crippen molar-refractivity contribution in [1.29, 1.82) is 0 Å². The van der Waals surface area contributed by atoms with E-state index >= 15 is 0 Å². The van der Waals surface area contributed by atoms with E-state index in [4.69, 9.17) is 10.7 Å². The lowest BCUT2D eigenvalue weighted by atomic mass is 9.76. The van der Waals surface area contributed by atoms with E-state index in [1.54, 1.807) is 0 Å². The molecule has 1 saturated heterocycles. The van der Waals surface area contributed by atoms with Crippen molar-refractivity contribution < 1.29 is 9.90 Å². The summed E-state index contributed by atoms with van der Waals surface area (Å²) in [7, 11) is 0. The number of urea groups is 1.